The lowest BCUT2D eigenvalue weighted by molar-refractivity contribution is 0.975. The minimum absolute atomic E-state index is 0.0189. The Morgan fingerprint density at radius 2 is 0.959 bits per heavy atom. The van der Waals surface area contributed by atoms with Gasteiger partial charge in [-0.2, -0.15) is 0 Å². The van der Waals surface area contributed by atoms with Gasteiger partial charge in [0.2, 0.25) is 0 Å². The van der Waals surface area contributed by atoms with E-state index in [0.717, 1.165) is 11.4 Å². The number of hydrogen-bond donors (Lipinski definition) is 0. The van der Waals surface area contributed by atoms with Gasteiger partial charge in [0.25, 0.3) is 0 Å². The van der Waals surface area contributed by atoms with E-state index in [0.29, 0.717) is 0 Å². The lowest BCUT2D eigenvalue weighted by atomic mass is 9.82. The molecule has 232 valence electrons. The Morgan fingerprint density at radius 3 is 1.63 bits per heavy atom. The van der Waals surface area contributed by atoms with E-state index in [2.05, 4.69) is 199 Å². The van der Waals surface area contributed by atoms with E-state index in [4.69, 9.17) is 0 Å². The van der Waals surface area contributed by atoms with Gasteiger partial charge >= 0.3 is 0 Å². The largest absolute Gasteiger partial charge is 0.310 e. The minimum atomic E-state index is -0.0189. The third-order valence-electron chi connectivity index (χ3n) is 9.53. The highest BCUT2D eigenvalue weighted by molar-refractivity contribution is 7.26. The molecule has 0 fully saturated rings. The van der Waals surface area contributed by atoms with Gasteiger partial charge in [-0.1, -0.05) is 152 Å². The first-order valence-corrected chi connectivity index (χ1v) is 17.6. The van der Waals surface area contributed by atoms with Crippen LogP contribution in [0.1, 0.15) is 22.6 Å². The van der Waals surface area contributed by atoms with Gasteiger partial charge in [-0.05, 0) is 81.1 Å². The number of nitrogens with zero attached hydrogens (tertiary/aromatic N) is 1. The third-order valence-corrected chi connectivity index (χ3v) is 10.6. The first-order valence-electron chi connectivity index (χ1n) is 16.8. The summed E-state index contributed by atoms with van der Waals surface area (Å²) in [5, 5.41) is 5.10. The van der Waals surface area contributed by atoms with Crippen LogP contribution in [0.25, 0.3) is 42.1 Å². The second kappa shape index (κ2) is 12.6. The molecule has 0 spiro atoms. The highest BCUT2D eigenvalue weighted by Crippen LogP contribution is 2.51. The molecule has 1 aromatic heterocycles. The molecule has 0 aliphatic heterocycles. The summed E-state index contributed by atoms with van der Waals surface area (Å²) in [6.45, 7) is 0. The van der Waals surface area contributed by atoms with E-state index in [-0.39, 0.29) is 5.92 Å². The maximum absolute atomic E-state index is 2.48. The SMILES string of the molecule is c1ccc(-c2cccc(C(c3ccccc3)c3ccc4sc5cc6ccccc6cc5c4c3N(c3ccccc3)c3ccccc3)c2)cc1. The summed E-state index contributed by atoms with van der Waals surface area (Å²) < 4.78 is 2.58. The topological polar surface area (TPSA) is 3.24 Å². The first kappa shape index (κ1) is 29.2. The van der Waals surface area contributed by atoms with Crippen molar-refractivity contribution >= 4 is 59.3 Å². The van der Waals surface area contributed by atoms with Crippen LogP contribution in [0.2, 0.25) is 0 Å². The van der Waals surface area contributed by atoms with Gasteiger partial charge in [0.05, 0.1) is 5.69 Å². The average molecular weight is 644 g/mol. The van der Waals surface area contributed by atoms with Gasteiger partial charge in [-0.25, -0.2) is 0 Å². The Labute approximate surface area is 291 Å². The van der Waals surface area contributed by atoms with Crippen molar-refractivity contribution in [2.45, 2.75) is 5.92 Å². The smallest absolute Gasteiger partial charge is 0.0596 e. The molecule has 1 unspecified atom stereocenters. The monoisotopic (exact) mass is 643 g/mol. The van der Waals surface area contributed by atoms with Crippen LogP contribution in [-0.4, -0.2) is 0 Å². The fraction of sp³-hybridized carbons (Fsp3) is 0.0213. The van der Waals surface area contributed by atoms with Crippen LogP contribution in [-0.2, 0) is 0 Å². The van der Waals surface area contributed by atoms with Gasteiger partial charge in [0, 0.05) is 37.5 Å². The van der Waals surface area contributed by atoms with E-state index >= 15 is 0 Å². The van der Waals surface area contributed by atoms with E-state index in [1.807, 2.05) is 11.3 Å². The Hall–Kier alpha value is -5.96. The number of rotatable bonds is 7. The fourth-order valence-electron chi connectivity index (χ4n) is 7.31. The molecule has 0 saturated carbocycles. The molecule has 0 aliphatic carbocycles. The zero-order valence-corrected chi connectivity index (χ0v) is 27.7. The molecule has 1 nitrogen and oxygen atoms in total. The summed E-state index contributed by atoms with van der Waals surface area (Å²) in [5.74, 6) is -0.0189. The molecular weight excluding hydrogens is 611 g/mol. The van der Waals surface area contributed by atoms with Gasteiger partial charge in [-0.15, -0.1) is 11.3 Å². The summed E-state index contributed by atoms with van der Waals surface area (Å²) in [6.07, 6.45) is 0. The van der Waals surface area contributed by atoms with Gasteiger partial charge in [-0.3, -0.25) is 0 Å². The van der Waals surface area contributed by atoms with Crippen molar-refractivity contribution in [3.8, 4) is 11.1 Å². The molecule has 0 aliphatic rings. The predicted molar refractivity (Wildman–Crippen MR) is 211 cm³/mol. The van der Waals surface area contributed by atoms with Crippen LogP contribution >= 0.6 is 11.3 Å². The van der Waals surface area contributed by atoms with Crippen molar-refractivity contribution in [3.63, 3.8) is 0 Å². The van der Waals surface area contributed by atoms with Crippen LogP contribution in [0.4, 0.5) is 17.1 Å². The van der Waals surface area contributed by atoms with Crippen molar-refractivity contribution in [3.05, 3.63) is 211 Å². The molecule has 0 radical (unpaired) electrons. The Balaban J connectivity index is 1.41. The molecular formula is C47H33NS. The second-order valence-corrected chi connectivity index (χ2v) is 13.6. The van der Waals surface area contributed by atoms with E-state index in [9.17, 15) is 0 Å². The zero-order chi connectivity index (χ0) is 32.6. The minimum Gasteiger partial charge on any atom is -0.310 e. The molecule has 1 heterocycles. The summed E-state index contributed by atoms with van der Waals surface area (Å²) in [4.78, 5) is 2.48. The molecule has 49 heavy (non-hydrogen) atoms. The molecule has 0 amide bonds. The van der Waals surface area contributed by atoms with Gasteiger partial charge in [0.1, 0.15) is 0 Å². The van der Waals surface area contributed by atoms with Crippen LogP contribution in [0, 0.1) is 0 Å². The van der Waals surface area contributed by atoms with E-state index in [1.165, 1.54) is 64.4 Å². The number of benzene rings is 8. The van der Waals surface area contributed by atoms with Crippen molar-refractivity contribution in [1.82, 2.24) is 0 Å². The normalized spacial score (nSPS) is 12.0. The van der Waals surface area contributed by atoms with Crippen LogP contribution in [0.3, 0.4) is 0 Å². The van der Waals surface area contributed by atoms with E-state index in [1.54, 1.807) is 0 Å². The van der Waals surface area contributed by atoms with Crippen molar-refractivity contribution in [1.29, 1.82) is 0 Å². The highest BCUT2D eigenvalue weighted by atomic mass is 32.1. The number of anilines is 3. The number of hydrogen-bond acceptors (Lipinski definition) is 2. The van der Waals surface area contributed by atoms with E-state index < -0.39 is 0 Å². The number of fused-ring (bicyclic) bond motifs is 4. The summed E-state index contributed by atoms with van der Waals surface area (Å²) >= 11 is 1.88. The Bertz CT molecular complexity index is 2500. The molecule has 8 aromatic carbocycles. The quantitative estimate of drug-likeness (QED) is 0.156. The average Bonchev–Trinajstić information content (AvgIpc) is 3.54. The number of thiophene rings is 1. The zero-order valence-electron chi connectivity index (χ0n) is 26.9. The summed E-state index contributed by atoms with van der Waals surface area (Å²) in [5.41, 5.74) is 9.72. The Kier molecular flexibility index (Phi) is 7.49. The highest BCUT2D eigenvalue weighted by Gasteiger charge is 2.28. The predicted octanol–water partition coefficient (Wildman–Crippen LogP) is 13.5. The van der Waals surface area contributed by atoms with Gasteiger partial charge < -0.3 is 4.90 Å². The lowest BCUT2D eigenvalue weighted by Crippen LogP contribution is -2.15. The standard InChI is InChI=1S/C47H33NS/c1-5-16-33(17-6-1)35-22-15-23-38(30-35)45(34-18-7-2-8-19-34)41-28-29-43-46(42-31-36-20-13-14-21-37(36)32-44(42)49-43)47(41)48(39-24-9-3-10-25-39)40-26-11-4-12-27-40/h1-32,45H. The molecule has 9 aromatic rings. The molecule has 9 rings (SSSR count). The first-order chi connectivity index (χ1) is 24.3. The molecule has 0 saturated heterocycles. The number of para-hydroxylation sites is 2. The summed E-state index contributed by atoms with van der Waals surface area (Å²) in [7, 11) is 0. The van der Waals surface area contributed by atoms with Crippen molar-refractivity contribution in [2.24, 2.45) is 0 Å². The maximum Gasteiger partial charge on any atom is 0.0596 e. The molecule has 1 atom stereocenters. The van der Waals surface area contributed by atoms with Crippen LogP contribution in [0.5, 0.6) is 0 Å². The van der Waals surface area contributed by atoms with Gasteiger partial charge in [0.15, 0.2) is 0 Å². The third kappa shape index (κ3) is 5.37. The van der Waals surface area contributed by atoms with Crippen molar-refractivity contribution < 1.29 is 0 Å². The fourth-order valence-corrected chi connectivity index (χ4v) is 8.45. The molecule has 0 N–H and O–H groups in total. The second-order valence-electron chi connectivity index (χ2n) is 12.5. The molecule has 0 bridgehead atoms. The van der Waals surface area contributed by atoms with Crippen molar-refractivity contribution in [2.75, 3.05) is 4.90 Å². The lowest BCUT2D eigenvalue weighted by Gasteiger charge is -2.32. The van der Waals surface area contributed by atoms with Crippen LogP contribution in [0.15, 0.2) is 194 Å². The maximum atomic E-state index is 2.48. The molecule has 2 heteroatoms. The Morgan fingerprint density at radius 1 is 0.408 bits per heavy atom. The van der Waals surface area contributed by atoms with Crippen LogP contribution < -0.4 is 4.90 Å². The summed E-state index contributed by atoms with van der Waals surface area (Å²) in [6, 6.07) is 70.7.